The highest BCUT2D eigenvalue weighted by Gasteiger charge is 2.20. The number of benzene rings is 2. The van der Waals surface area contributed by atoms with Crippen molar-refractivity contribution in [2.75, 3.05) is 24.6 Å². The minimum Gasteiger partial charge on any atom is -0.377 e. The molecule has 1 fully saturated rings. The van der Waals surface area contributed by atoms with E-state index in [-0.39, 0.29) is 16.2 Å². The highest BCUT2D eigenvalue weighted by atomic mass is 32.2. The van der Waals surface area contributed by atoms with Crippen molar-refractivity contribution < 1.29 is 13.2 Å². The zero-order chi connectivity index (χ0) is 18.0. The van der Waals surface area contributed by atoms with E-state index in [9.17, 15) is 8.42 Å². The van der Waals surface area contributed by atoms with Gasteiger partial charge in [0.25, 0.3) is 10.0 Å². The number of morpholine rings is 1. The SMILES string of the molecule is CC1CN(c2cccc3cc(S(=O)(=O)N=C(N)SN)ccc23)CCO1. The molecule has 0 bridgehead atoms. The summed E-state index contributed by atoms with van der Waals surface area (Å²) in [5.41, 5.74) is 6.50. The van der Waals surface area contributed by atoms with Gasteiger partial charge in [0.05, 0.1) is 17.6 Å². The minimum atomic E-state index is -3.88. The number of hydrogen-bond donors (Lipinski definition) is 2. The van der Waals surface area contributed by atoms with Crippen molar-refractivity contribution in [3.05, 3.63) is 36.4 Å². The molecular formula is C16H20N4O3S2. The van der Waals surface area contributed by atoms with Crippen LogP contribution < -0.4 is 15.8 Å². The monoisotopic (exact) mass is 380 g/mol. The maximum Gasteiger partial charge on any atom is 0.284 e. The van der Waals surface area contributed by atoms with Crippen molar-refractivity contribution in [2.24, 2.45) is 15.3 Å². The molecule has 25 heavy (non-hydrogen) atoms. The van der Waals surface area contributed by atoms with Crippen molar-refractivity contribution >= 4 is 43.6 Å². The molecule has 1 aliphatic heterocycles. The molecule has 0 aromatic heterocycles. The van der Waals surface area contributed by atoms with E-state index in [4.69, 9.17) is 15.6 Å². The van der Waals surface area contributed by atoms with E-state index in [1.54, 1.807) is 18.2 Å². The van der Waals surface area contributed by atoms with Crippen LogP contribution in [0, 0.1) is 0 Å². The van der Waals surface area contributed by atoms with Gasteiger partial charge in [0.1, 0.15) is 0 Å². The topological polar surface area (TPSA) is 111 Å². The van der Waals surface area contributed by atoms with Crippen LogP contribution in [-0.2, 0) is 14.8 Å². The first-order chi connectivity index (χ1) is 11.9. The quantitative estimate of drug-likeness (QED) is 0.473. The van der Waals surface area contributed by atoms with Crippen molar-refractivity contribution in [3.63, 3.8) is 0 Å². The molecule has 2 aromatic rings. The maximum atomic E-state index is 12.3. The second-order valence-corrected chi connectivity index (χ2v) is 8.07. The van der Waals surface area contributed by atoms with E-state index in [2.05, 4.69) is 9.30 Å². The third-order valence-electron chi connectivity index (χ3n) is 4.04. The van der Waals surface area contributed by atoms with Gasteiger partial charge < -0.3 is 15.4 Å². The van der Waals surface area contributed by atoms with E-state index in [1.807, 2.05) is 25.1 Å². The van der Waals surface area contributed by atoms with Gasteiger partial charge >= 0.3 is 0 Å². The first kappa shape index (κ1) is 18.0. The Balaban J connectivity index is 2.03. The van der Waals surface area contributed by atoms with Crippen molar-refractivity contribution in [1.29, 1.82) is 0 Å². The normalized spacial score (nSPS) is 19.4. The number of anilines is 1. The highest BCUT2D eigenvalue weighted by molar-refractivity contribution is 8.12. The lowest BCUT2D eigenvalue weighted by Gasteiger charge is -2.33. The van der Waals surface area contributed by atoms with E-state index in [0.29, 0.717) is 18.6 Å². The molecule has 0 spiro atoms. The van der Waals surface area contributed by atoms with Crippen LogP contribution >= 0.6 is 11.9 Å². The summed E-state index contributed by atoms with van der Waals surface area (Å²) in [6.45, 7) is 4.32. The van der Waals surface area contributed by atoms with Gasteiger partial charge in [-0.25, -0.2) is 0 Å². The fraction of sp³-hybridized carbons (Fsp3) is 0.312. The van der Waals surface area contributed by atoms with Gasteiger partial charge in [0, 0.05) is 24.2 Å². The molecule has 4 N–H and O–H groups in total. The van der Waals surface area contributed by atoms with Gasteiger partial charge in [0.15, 0.2) is 5.17 Å². The van der Waals surface area contributed by atoms with Crippen LogP contribution in [0.4, 0.5) is 5.69 Å². The summed E-state index contributed by atoms with van der Waals surface area (Å²) in [7, 11) is -3.88. The highest BCUT2D eigenvalue weighted by Crippen LogP contribution is 2.30. The number of nitrogens with zero attached hydrogens (tertiary/aromatic N) is 2. The average Bonchev–Trinajstić information content (AvgIpc) is 2.60. The Morgan fingerprint density at radius 3 is 2.88 bits per heavy atom. The molecule has 3 rings (SSSR count). The lowest BCUT2D eigenvalue weighted by atomic mass is 10.1. The van der Waals surface area contributed by atoms with Gasteiger partial charge in [-0.3, -0.25) is 5.14 Å². The molecule has 0 saturated carbocycles. The summed E-state index contributed by atoms with van der Waals surface area (Å²) in [6, 6.07) is 10.8. The van der Waals surface area contributed by atoms with Crippen molar-refractivity contribution in [2.45, 2.75) is 17.9 Å². The lowest BCUT2D eigenvalue weighted by molar-refractivity contribution is 0.0533. The van der Waals surface area contributed by atoms with Crippen LogP contribution in [-0.4, -0.2) is 39.4 Å². The Morgan fingerprint density at radius 1 is 1.36 bits per heavy atom. The Hall–Kier alpha value is -1.81. The van der Waals surface area contributed by atoms with Gasteiger partial charge in [-0.15, -0.1) is 4.40 Å². The molecule has 1 saturated heterocycles. The van der Waals surface area contributed by atoms with Crippen LogP contribution in [0.25, 0.3) is 10.8 Å². The van der Waals surface area contributed by atoms with E-state index in [1.165, 1.54) is 0 Å². The average molecular weight is 380 g/mol. The maximum absolute atomic E-state index is 12.3. The van der Waals surface area contributed by atoms with Crippen LogP contribution in [0.1, 0.15) is 6.92 Å². The first-order valence-electron chi connectivity index (χ1n) is 7.77. The molecule has 1 unspecified atom stereocenters. The molecule has 0 amide bonds. The molecule has 2 aromatic carbocycles. The Bertz CT molecular complexity index is 915. The standard InChI is InChI=1S/C16H20N4O3S2/c1-11-10-20(7-8-23-11)15-4-2-3-12-9-13(5-6-14(12)15)25(21,22)19-16(17)24-18/h2-6,9,11H,7-8,10,18H2,1H3,(H2,17,19). The summed E-state index contributed by atoms with van der Waals surface area (Å²) < 4.78 is 33.7. The molecule has 7 nitrogen and oxygen atoms in total. The number of sulfonamides is 1. The van der Waals surface area contributed by atoms with E-state index >= 15 is 0 Å². The second-order valence-electron chi connectivity index (χ2n) is 5.81. The summed E-state index contributed by atoms with van der Waals surface area (Å²) in [5, 5.41) is 6.86. The van der Waals surface area contributed by atoms with E-state index in [0.717, 1.165) is 29.5 Å². The largest absolute Gasteiger partial charge is 0.377 e. The number of hydrogen-bond acceptors (Lipinski definition) is 6. The summed E-state index contributed by atoms with van der Waals surface area (Å²) in [6.07, 6.45) is 0.162. The van der Waals surface area contributed by atoms with Crippen LogP contribution in [0.15, 0.2) is 45.7 Å². The third-order valence-corrected chi connectivity index (χ3v) is 5.77. The fourth-order valence-electron chi connectivity index (χ4n) is 2.91. The fourth-order valence-corrected chi connectivity index (χ4v) is 4.24. The zero-order valence-electron chi connectivity index (χ0n) is 13.8. The van der Waals surface area contributed by atoms with Crippen LogP contribution in [0.2, 0.25) is 0 Å². The van der Waals surface area contributed by atoms with Gasteiger partial charge in [-0.2, -0.15) is 8.42 Å². The predicted molar refractivity (Wildman–Crippen MR) is 102 cm³/mol. The predicted octanol–water partition coefficient (Wildman–Crippen LogP) is 1.68. The molecule has 1 atom stereocenters. The third kappa shape index (κ3) is 3.90. The molecule has 9 heteroatoms. The molecule has 134 valence electrons. The minimum absolute atomic E-state index is 0.0875. The van der Waals surface area contributed by atoms with E-state index < -0.39 is 10.0 Å². The Morgan fingerprint density at radius 2 is 2.16 bits per heavy atom. The van der Waals surface area contributed by atoms with Crippen LogP contribution in [0.5, 0.6) is 0 Å². The van der Waals surface area contributed by atoms with Crippen LogP contribution in [0.3, 0.4) is 0 Å². The number of ether oxygens (including phenoxy) is 1. The number of fused-ring (bicyclic) bond motifs is 1. The van der Waals surface area contributed by atoms with Crippen molar-refractivity contribution in [1.82, 2.24) is 0 Å². The summed E-state index contributed by atoms with van der Waals surface area (Å²) >= 11 is 0.601. The summed E-state index contributed by atoms with van der Waals surface area (Å²) in [5.74, 6) is 0. The number of nitrogens with two attached hydrogens (primary N) is 2. The number of amidine groups is 1. The Kier molecular flexibility index (Phi) is 5.19. The van der Waals surface area contributed by atoms with Gasteiger partial charge in [-0.05, 0) is 42.5 Å². The summed E-state index contributed by atoms with van der Waals surface area (Å²) in [4.78, 5) is 2.34. The zero-order valence-corrected chi connectivity index (χ0v) is 15.4. The molecule has 0 aliphatic carbocycles. The van der Waals surface area contributed by atoms with Crippen molar-refractivity contribution in [3.8, 4) is 0 Å². The molecule has 1 aliphatic rings. The van der Waals surface area contributed by atoms with Gasteiger partial charge in [-0.1, -0.05) is 18.2 Å². The molecule has 1 heterocycles. The number of rotatable bonds is 3. The Labute approximate surface area is 151 Å². The molecular weight excluding hydrogens is 360 g/mol. The first-order valence-corrected chi connectivity index (χ1v) is 10.1. The molecule has 0 radical (unpaired) electrons. The smallest absolute Gasteiger partial charge is 0.284 e. The lowest BCUT2D eigenvalue weighted by Crippen LogP contribution is -2.41. The second kappa shape index (κ2) is 7.20. The van der Waals surface area contributed by atoms with Gasteiger partial charge in [0.2, 0.25) is 0 Å².